The van der Waals surface area contributed by atoms with E-state index in [9.17, 15) is 0 Å². The van der Waals surface area contributed by atoms with Gasteiger partial charge in [0.1, 0.15) is 0 Å². The summed E-state index contributed by atoms with van der Waals surface area (Å²) < 4.78 is 8.34. The number of benzene rings is 14. The Morgan fingerprint density at radius 1 is 0.191 bits per heavy atom. The predicted octanol–water partition coefficient (Wildman–Crippen LogP) is 23.4. The van der Waals surface area contributed by atoms with E-state index in [-0.39, 0.29) is 0 Å². The lowest BCUT2D eigenvalue weighted by Crippen LogP contribution is -1.95. The number of aromatic nitrogens is 4. The van der Waals surface area contributed by atoms with E-state index in [4.69, 9.17) is 0 Å². The summed E-state index contributed by atoms with van der Waals surface area (Å²) >= 11 is 3.42. The first kappa shape index (κ1) is 53.2. The second kappa shape index (κ2) is 22.9. The van der Waals surface area contributed by atoms with Crippen LogP contribution < -0.4 is 0 Å². The summed E-state index contributed by atoms with van der Waals surface area (Å²) in [5.41, 5.74) is 23.1. The summed E-state index contributed by atoms with van der Waals surface area (Å²) in [7, 11) is 0. The third kappa shape index (κ3) is 9.84. The highest BCUT2D eigenvalue weighted by molar-refractivity contribution is 9.10. The summed E-state index contributed by atoms with van der Waals surface area (Å²) in [5.74, 6) is 0. The van der Waals surface area contributed by atoms with E-state index in [1.165, 1.54) is 137 Å². The van der Waals surface area contributed by atoms with Gasteiger partial charge in [-0.15, -0.1) is 0 Å². The number of hydrogen-bond acceptors (Lipinski definition) is 0. The molecule has 5 heteroatoms. The fourth-order valence-corrected chi connectivity index (χ4v) is 13.4. The predicted molar refractivity (Wildman–Crippen MR) is 381 cm³/mol. The SMILES string of the molecule is Brc1ccc(-c2ccccc2)cc1.c1ccc(-c2ccc(-n3c4ccccc4c4cc5[nH]c6ccccc6c5cc43)cc2)cc1.c1ccc(-c2ccc(-n3c4ccccc4c4cc5c(cc43)c3ccccc3n5-c3ccc(-c4ccccc4)cc3)cc2)cc1. The molecule has 0 amide bonds. The lowest BCUT2D eigenvalue weighted by molar-refractivity contribution is 1.17. The van der Waals surface area contributed by atoms with Crippen LogP contribution in [0.25, 0.3) is 149 Å². The van der Waals surface area contributed by atoms with Crippen LogP contribution in [0.4, 0.5) is 0 Å². The van der Waals surface area contributed by atoms with Crippen LogP contribution in [0.2, 0.25) is 0 Å². The minimum Gasteiger partial charge on any atom is -0.354 e. The number of nitrogens with one attached hydrogen (secondary N) is 1. The minimum atomic E-state index is 1.12. The fraction of sp³-hybridized carbons (Fsp3) is 0. The van der Waals surface area contributed by atoms with Crippen molar-refractivity contribution < 1.29 is 0 Å². The number of aromatic amines is 1. The largest absolute Gasteiger partial charge is 0.354 e. The van der Waals surface area contributed by atoms with Crippen LogP contribution in [-0.4, -0.2) is 18.7 Å². The van der Waals surface area contributed by atoms with Crippen LogP contribution >= 0.6 is 15.9 Å². The highest BCUT2D eigenvalue weighted by Crippen LogP contribution is 2.41. The van der Waals surface area contributed by atoms with Crippen LogP contribution in [-0.2, 0) is 0 Å². The molecule has 18 aromatic rings. The standard InChI is InChI=1S/C42H28N2.C30H20N2.C12H9Br/c1-3-11-29(12-4-1)31-19-23-33(24-20-31)43-39-17-9-7-15-35(39)37-28-42-38(27-41(37)43)36-16-8-10-18-40(36)44(42)34-25-21-32(22-26-34)30-13-5-2-6-14-30;1-2-8-20(9-3-1)21-14-16-22(17-15-21)32-29-13-7-5-11-24(29)26-18-28-25(19-30(26)32)23-10-4-6-12-27(23)31-28;13-12-8-6-11(7-9-12)10-4-2-1-3-5-10/h1-28H;1-19,31H;1-9H. The molecule has 4 heterocycles. The van der Waals surface area contributed by atoms with Crippen molar-refractivity contribution in [1.82, 2.24) is 18.7 Å². The maximum Gasteiger partial charge on any atom is 0.0548 e. The molecule has 1 N–H and O–H groups in total. The molecular formula is C84H57BrN4. The van der Waals surface area contributed by atoms with Crippen molar-refractivity contribution in [3.63, 3.8) is 0 Å². The molecule has 0 unspecified atom stereocenters. The van der Waals surface area contributed by atoms with Crippen LogP contribution in [0.1, 0.15) is 0 Å². The molecule has 0 aliphatic rings. The second-order valence-corrected chi connectivity index (χ2v) is 23.6. The van der Waals surface area contributed by atoms with E-state index < -0.39 is 0 Å². The Morgan fingerprint density at radius 2 is 0.461 bits per heavy atom. The van der Waals surface area contributed by atoms with Crippen molar-refractivity contribution >= 4 is 103 Å². The Morgan fingerprint density at radius 3 is 0.820 bits per heavy atom. The van der Waals surface area contributed by atoms with Gasteiger partial charge < -0.3 is 18.7 Å². The Balaban J connectivity index is 0.000000123. The molecule has 420 valence electrons. The van der Waals surface area contributed by atoms with E-state index in [1.807, 2.05) is 6.07 Å². The quantitative estimate of drug-likeness (QED) is 0.165. The van der Waals surface area contributed by atoms with E-state index in [1.54, 1.807) is 0 Å². The zero-order chi connectivity index (χ0) is 59.2. The summed E-state index contributed by atoms with van der Waals surface area (Å²) in [4.78, 5) is 3.60. The normalized spacial score (nSPS) is 11.4. The van der Waals surface area contributed by atoms with Crippen molar-refractivity contribution in [2.75, 3.05) is 0 Å². The van der Waals surface area contributed by atoms with Gasteiger partial charge in [-0.3, -0.25) is 0 Å². The zero-order valence-electron chi connectivity index (χ0n) is 48.6. The van der Waals surface area contributed by atoms with Crippen molar-refractivity contribution in [2.45, 2.75) is 0 Å². The van der Waals surface area contributed by atoms with E-state index in [2.05, 4.69) is 368 Å². The maximum atomic E-state index is 3.60. The molecule has 18 rings (SSSR count). The number of para-hydroxylation sites is 4. The van der Waals surface area contributed by atoms with Gasteiger partial charge in [0.2, 0.25) is 0 Å². The van der Waals surface area contributed by atoms with Gasteiger partial charge in [0.25, 0.3) is 0 Å². The number of halogens is 1. The van der Waals surface area contributed by atoms with Crippen LogP contribution in [0.5, 0.6) is 0 Å². The number of nitrogens with zero attached hydrogens (tertiary/aromatic N) is 3. The highest BCUT2D eigenvalue weighted by Gasteiger charge is 2.20. The third-order valence-corrected chi connectivity index (χ3v) is 17.9. The minimum absolute atomic E-state index is 1.12. The number of hydrogen-bond donors (Lipinski definition) is 1. The molecule has 0 atom stereocenters. The summed E-state index contributed by atoms with van der Waals surface area (Å²) in [5, 5.41) is 10.1. The fourth-order valence-electron chi connectivity index (χ4n) is 13.2. The van der Waals surface area contributed by atoms with Gasteiger partial charge in [-0.05, 0) is 142 Å². The Kier molecular flexibility index (Phi) is 13.7. The summed E-state index contributed by atoms with van der Waals surface area (Å²) in [6.45, 7) is 0. The van der Waals surface area contributed by atoms with Crippen molar-refractivity contribution in [3.8, 4) is 61.6 Å². The first-order chi connectivity index (χ1) is 44.1. The molecule has 4 nitrogen and oxygen atoms in total. The van der Waals surface area contributed by atoms with E-state index >= 15 is 0 Å². The summed E-state index contributed by atoms with van der Waals surface area (Å²) in [6, 6.07) is 121. The first-order valence-electron chi connectivity index (χ1n) is 30.2. The van der Waals surface area contributed by atoms with Gasteiger partial charge in [-0.25, -0.2) is 0 Å². The van der Waals surface area contributed by atoms with Crippen molar-refractivity contribution in [2.24, 2.45) is 0 Å². The van der Waals surface area contributed by atoms with Gasteiger partial charge in [0, 0.05) is 75.7 Å². The number of rotatable bonds is 7. The molecule has 4 aromatic heterocycles. The Hall–Kier alpha value is -11.2. The van der Waals surface area contributed by atoms with Crippen molar-refractivity contribution in [1.29, 1.82) is 0 Å². The number of fused-ring (bicyclic) bond motifs is 12. The topological polar surface area (TPSA) is 30.6 Å². The van der Waals surface area contributed by atoms with E-state index in [0.717, 1.165) is 15.8 Å². The average Bonchev–Trinajstić information content (AvgIpc) is 1.63. The molecule has 0 spiro atoms. The molecule has 0 bridgehead atoms. The monoisotopic (exact) mass is 1200 g/mol. The number of H-pyrrole nitrogens is 1. The van der Waals surface area contributed by atoms with Crippen LogP contribution in [0.15, 0.2) is 344 Å². The Bertz CT molecular complexity index is 5370. The molecule has 0 fully saturated rings. The lowest BCUT2D eigenvalue weighted by atomic mass is 10.1. The van der Waals surface area contributed by atoms with Gasteiger partial charge in [0.15, 0.2) is 0 Å². The molecule has 0 radical (unpaired) electrons. The molecular weight excluding hydrogens is 1140 g/mol. The van der Waals surface area contributed by atoms with Gasteiger partial charge in [0.05, 0.1) is 33.1 Å². The molecule has 0 aliphatic carbocycles. The smallest absolute Gasteiger partial charge is 0.0548 e. The van der Waals surface area contributed by atoms with E-state index in [0.29, 0.717) is 0 Å². The highest BCUT2D eigenvalue weighted by atomic mass is 79.9. The zero-order valence-corrected chi connectivity index (χ0v) is 50.1. The molecule has 0 aliphatic heterocycles. The summed E-state index contributed by atoms with van der Waals surface area (Å²) in [6.07, 6.45) is 0. The molecule has 89 heavy (non-hydrogen) atoms. The molecule has 14 aromatic carbocycles. The first-order valence-corrected chi connectivity index (χ1v) is 31.0. The average molecular weight is 1200 g/mol. The second-order valence-electron chi connectivity index (χ2n) is 22.6. The van der Waals surface area contributed by atoms with Gasteiger partial charge in [-0.1, -0.05) is 259 Å². The van der Waals surface area contributed by atoms with Crippen LogP contribution in [0.3, 0.4) is 0 Å². The molecule has 0 saturated carbocycles. The lowest BCUT2D eigenvalue weighted by Gasteiger charge is -2.11. The molecule has 0 saturated heterocycles. The van der Waals surface area contributed by atoms with Crippen molar-refractivity contribution in [3.05, 3.63) is 344 Å². The Labute approximate surface area is 524 Å². The third-order valence-electron chi connectivity index (χ3n) is 17.4. The van der Waals surface area contributed by atoms with Gasteiger partial charge in [-0.2, -0.15) is 0 Å². The maximum absolute atomic E-state index is 3.60. The van der Waals surface area contributed by atoms with Crippen LogP contribution in [0, 0.1) is 0 Å². The van der Waals surface area contributed by atoms with Gasteiger partial charge >= 0.3 is 0 Å².